The van der Waals surface area contributed by atoms with E-state index >= 15 is 0 Å². The van der Waals surface area contributed by atoms with Crippen LogP contribution >= 0.6 is 0 Å². The van der Waals surface area contributed by atoms with E-state index in [2.05, 4.69) is 0 Å². The minimum absolute atomic E-state index is 0.00602. The van der Waals surface area contributed by atoms with Crippen molar-refractivity contribution in [2.45, 2.75) is 43.2 Å². The second kappa shape index (κ2) is 4.42. The largest absolute Gasteiger partial charge is 0.303 e. The number of aldehydes is 1. The van der Waals surface area contributed by atoms with Gasteiger partial charge < -0.3 is 4.79 Å². The third-order valence-corrected chi connectivity index (χ3v) is 6.28. The molecule has 0 amide bonds. The van der Waals surface area contributed by atoms with E-state index in [0.29, 0.717) is 11.3 Å². The van der Waals surface area contributed by atoms with Crippen molar-refractivity contribution < 1.29 is 13.2 Å². The average Bonchev–Trinajstić information content (AvgIpc) is 2.97. The van der Waals surface area contributed by atoms with Gasteiger partial charge >= 0.3 is 0 Å². The Morgan fingerprint density at radius 3 is 2.47 bits per heavy atom. The van der Waals surface area contributed by atoms with Crippen LogP contribution in [0.1, 0.15) is 24.8 Å². The monoisotopic (exact) mass is 279 g/mol. The molecule has 0 N–H and O–H groups in total. The van der Waals surface area contributed by atoms with Crippen LogP contribution < -0.4 is 0 Å². The van der Waals surface area contributed by atoms with E-state index in [4.69, 9.17) is 0 Å². The number of nitrogens with zero attached hydrogens (tertiary/aromatic N) is 1. The number of carbonyl (C=O) groups excluding carboxylic acids is 1. The first-order chi connectivity index (χ1) is 9.04. The lowest BCUT2D eigenvalue weighted by Crippen LogP contribution is -2.36. The van der Waals surface area contributed by atoms with E-state index in [1.807, 2.05) is 19.1 Å². The molecule has 102 valence electrons. The molecule has 19 heavy (non-hydrogen) atoms. The number of hydrogen-bond donors (Lipinski definition) is 0. The molecule has 2 heterocycles. The van der Waals surface area contributed by atoms with E-state index in [0.717, 1.165) is 24.7 Å². The van der Waals surface area contributed by atoms with Crippen LogP contribution in [0.4, 0.5) is 0 Å². The lowest BCUT2D eigenvalue weighted by Gasteiger charge is -2.22. The smallest absolute Gasteiger partial charge is 0.243 e. The third-order valence-electron chi connectivity index (χ3n) is 4.29. The van der Waals surface area contributed by atoms with Gasteiger partial charge in [-0.05, 0) is 38.3 Å². The lowest BCUT2D eigenvalue weighted by molar-refractivity contribution is -0.111. The summed E-state index contributed by atoms with van der Waals surface area (Å²) in [5.74, 6) is -0.126. The Balaban J connectivity index is 1.98. The molecule has 0 saturated carbocycles. The maximum Gasteiger partial charge on any atom is 0.243 e. The fourth-order valence-electron chi connectivity index (χ4n) is 3.34. The molecule has 2 aliphatic heterocycles. The molecule has 3 unspecified atom stereocenters. The summed E-state index contributed by atoms with van der Waals surface area (Å²) in [6.45, 7) is 1.93. The summed E-state index contributed by atoms with van der Waals surface area (Å²) in [5.41, 5.74) is 1.04. The highest BCUT2D eigenvalue weighted by molar-refractivity contribution is 7.89. The molecule has 2 fully saturated rings. The predicted octanol–water partition coefficient (Wildman–Crippen LogP) is 1.74. The topological polar surface area (TPSA) is 54.5 Å². The highest BCUT2D eigenvalue weighted by Crippen LogP contribution is 2.44. The van der Waals surface area contributed by atoms with Crippen LogP contribution in [0.3, 0.4) is 0 Å². The van der Waals surface area contributed by atoms with E-state index in [9.17, 15) is 13.2 Å². The van der Waals surface area contributed by atoms with Crippen molar-refractivity contribution in [2.75, 3.05) is 0 Å². The van der Waals surface area contributed by atoms with Gasteiger partial charge in [0.2, 0.25) is 10.0 Å². The van der Waals surface area contributed by atoms with E-state index < -0.39 is 10.0 Å². The number of hydrogen-bond acceptors (Lipinski definition) is 3. The maximum absolute atomic E-state index is 12.7. The van der Waals surface area contributed by atoms with Crippen LogP contribution in [0.2, 0.25) is 0 Å². The molecule has 1 aromatic rings. The van der Waals surface area contributed by atoms with Gasteiger partial charge in [0.25, 0.3) is 0 Å². The van der Waals surface area contributed by atoms with Gasteiger partial charge in [0, 0.05) is 18.0 Å². The standard InChI is InChI=1S/C14H17NO3S/c1-10-2-5-13(6-3-10)19(17,18)15-12-4-7-14(15)11(8-12)9-16/h2-3,5-6,9,11-12,14H,4,7-8H2,1H3. The third kappa shape index (κ3) is 1.92. The molecular formula is C14H17NO3S. The van der Waals surface area contributed by atoms with E-state index in [1.54, 1.807) is 16.4 Å². The van der Waals surface area contributed by atoms with Gasteiger partial charge in [0.1, 0.15) is 6.29 Å². The quantitative estimate of drug-likeness (QED) is 0.792. The maximum atomic E-state index is 12.7. The molecule has 2 saturated heterocycles. The predicted molar refractivity (Wildman–Crippen MR) is 71.2 cm³/mol. The molecule has 0 aromatic heterocycles. The number of sulfonamides is 1. The Morgan fingerprint density at radius 2 is 1.89 bits per heavy atom. The Hall–Kier alpha value is -1.20. The van der Waals surface area contributed by atoms with Crippen LogP contribution in [-0.2, 0) is 14.8 Å². The zero-order valence-corrected chi connectivity index (χ0v) is 11.6. The lowest BCUT2D eigenvalue weighted by atomic mass is 9.91. The van der Waals surface area contributed by atoms with Gasteiger partial charge in [-0.25, -0.2) is 8.42 Å². The van der Waals surface area contributed by atoms with Gasteiger partial charge in [-0.2, -0.15) is 4.31 Å². The van der Waals surface area contributed by atoms with Crippen molar-refractivity contribution in [3.8, 4) is 0 Å². The molecule has 1 aromatic carbocycles. The summed E-state index contributed by atoms with van der Waals surface area (Å²) < 4.78 is 26.9. The highest BCUT2D eigenvalue weighted by atomic mass is 32.2. The Bertz CT molecular complexity index is 594. The second-order valence-electron chi connectivity index (χ2n) is 5.48. The molecular weight excluding hydrogens is 262 g/mol. The number of carbonyl (C=O) groups is 1. The van der Waals surface area contributed by atoms with Gasteiger partial charge in [-0.1, -0.05) is 17.7 Å². The van der Waals surface area contributed by atoms with Crippen molar-refractivity contribution in [3.63, 3.8) is 0 Å². The second-order valence-corrected chi connectivity index (χ2v) is 7.33. The van der Waals surface area contributed by atoms with Crippen LogP contribution in [0.15, 0.2) is 29.2 Å². The highest BCUT2D eigenvalue weighted by Gasteiger charge is 2.51. The fourth-order valence-corrected chi connectivity index (χ4v) is 5.26. The van der Waals surface area contributed by atoms with Gasteiger partial charge in [-0.15, -0.1) is 0 Å². The van der Waals surface area contributed by atoms with Crippen LogP contribution in [0.25, 0.3) is 0 Å². The Labute approximate surface area is 113 Å². The fraction of sp³-hybridized carbons (Fsp3) is 0.500. The summed E-state index contributed by atoms with van der Waals surface area (Å²) in [5, 5.41) is 0. The van der Waals surface area contributed by atoms with Crippen molar-refractivity contribution in [3.05, 3.63) is 29.8 Å². The summed E-state index contributed by atoms with van der Waals surface area (Å²) in [4.78, 5) is 11.4. The first kappa shape index (κ1) is 12.8. The number of benzene rings is 1. The zero-order valence-electron chi connectivity index (χ0n) is 10.8. The number of aryl methyl sites for hydroxylation is 1. The van der Waals surface area contributed by atoms with E-state index in [1.165, 1.54) is 0 Å². The van der Waals surface area contributed by atoms with Crippen LogP contribution in [0, 0.1) is 12.8 Å². The summed E-state index contributed by atoms with van der Waals surface area (Å²) >= 11 is 0. The molecule has 0 aliphatic carbocycles. The van der Waals surface area contributed by atoms with Crippen molar-refractivity contribution in [1.82, 2.24) is 4.31 Å². The van der Waals surface area contributed by atoms with Crippen LogP contribution in [0.5, 0.6) is 0 Å². The van der Waals surface area contributed by atoms with Crippen molar-refractivity contribution in [2.24, 2.45) is 5.92 Å². The summed E-state index contributed by atoms with van der Waals surface area (Å²) in [7, 11) is -3.46. The molecule has 2 aliphatic rings. The molecule has 5 heteroatoms. The van der Waals surface area contributed by atoms with Crippen LogP contribution in [-0.4, -0.2) is 31.1 Å². The van der Waals surface area contributed by atoms with Crippen molar-refractivity contribution >= 4 is 16.3 Å². The zero-order chi connectivity index (χ0) is 13.6. The van der Waals surface area contributed by atoms with Gasteiger partial charge in [-0.3, -0.25) is 0 Å². The van der Waals surface area contributed by atoms with Gasteiger partial charge in [0.05, 0.1) is 4.90 Å². The Morgan fingerprint density at radius 1 is 1.21 bits per heavy atom. The number of rotatable bonds is 3. The molecule has 2 bridgehead atoms. The first-order valence-corrected chi connectivity index (χ1v) is 8.03. The molecule has 0 radical (unpaired) electrons. The average molecular weight is 279 g/mol. The van der Waals surface area contributed by atoms with E-state index in [-0.39, 0.29) is 18.0 Å². The molecule has 0 spiro atoms. The van der Waals surface area contributed by atoms with Gasteiger partial charge in [0.15, 0.2) is 0 Å². The molecule has 3 atom stereocenters. The first-order valence-electron chi connectivity index (χ1n) is 6.59. The normalized spacial score (nSPS) is 30.7. The SMILES string of the molecule is Cc1ccc(S(=O)(=O)N2C3CCC2C(C=O)C3)cc1. The minimum Gasteiger partial charge on any atom is -0.303 e. The number of fused-ring (bicyclic) bond motifs is 2. The summed E-state index contributed by atoms with van der Waals surface area (Å²) in [6.07, 6.45) is 3.28. The molecule has 3 rings (SSSR count). The summed E-state index contributed by atoms with van der Waals surface area (Å²) in [6, 6.07) is 6.79. The van der Waals surface area contributed by atoms with Crippen molar-refractivity contribution in [1.29, 1.82) is 0 Å². The molecule has 4 nitrogen and oxygen atoms in total. The minimum atomic E-state index is -3.46. The Kier molecular flexibility index (Phi) is 2.98.